The average molecular weight is 451 g/mol. The van der Waals surface area contributed by atoms with Crippen LogP contribution in [-0.4, -0.2) is 26.4 Å². The lowest BCUT2D eigenvalue weighted by Gasteiger charge is -2.10. The molecule has 3 rings (SSSR count). The van der Waals surface area contributed by atoms with E-state index < -0.39 is 0 Å². The van der Waals surface area contributed by atoms with Gasteiger partial charge in [0.25, 0.3) is 0 Å². The van der Waals surface area contributed by atoms with Gasteiger partial charge in [-0.1, -0.05) is 41.0 Å². The van der Waals surface area contributed by atoms with Crippen molar-refractivity contribution >= 4 is 46.6 Å². The van der Waals surface area contributed by atoms with Crippen LogP contribution in [0.2, 0.25) is 10.0 Å². The number of aromatic nitrogens is 3. The summed E-state index contributed by atoms with van der Waals surface area (Å²) in [6, 6.07) is 9.34. The number of carbonyl (C=O) groups excluding carboxylic acids is 1. The number of rotatable bonds is 7. The van der Waals surface area contributed by atoms with Gasteiger partial charge in [0.05, 0.1) is 10.8 Å². The van der Waals surface area contributed by atoms with Crippen molar-refractivity contribution in [1.82, 2.24) is 14.8 Å². The summed E-state index contributed by atoms with van der Waals surface area (Å²) in [6.07, 6.45) is 1.71. The molecule has 1 N–H and O–H groups in total. The number of allylic oxidation sites excluding steroid dienone is 1. The number of hydrogen-bond acceptors (Lipinski definition) is 4. The first-order chi connectivity index (χ1) is 13.9. The Hall–Kier alpha value is -2.35. The molecule has 9 heteroatoms. The number of anilines is 1. The zero-order valence-corrected chi connectivity index (χ0v) is 17.8. The van der Waals surface area contributed by atoms with Gasteiger partial charge in [0.15, 0.2) is 11.0 Å². The molecule has 1 aromatic heterocycles. The first-order valence-electron chi connectivity index (χ1n) is 8.57. The first kappa shape index (κ1) is 21.4. The summed E-state index contributed by atoms with van der Waals surface area (Å²) in [6.45, 7) is 5.94. The first-order valence-corrected chi connectivity index (χ1v) is 10.3. The Morgan fingerprint density at radius 1 is 1.28 bits per heavy atom. The van der Waals surface area contributed by atoms with E-state index in [1.54, 1.807) is 31.2 Å². The maximum Gasteiger partial charge on any atom is 0.234 e. The van der Waals surface area contributed by atoms with Gasteiger partial charge in [-0.05, 0) is 48.9 Å². The molecule has 0 saturated heterocycles. The summed E-state index contributed by atoms with van der Waals surface area (Å²) in [5.74, 6) is 0.0917. The van der Waals surface area contributed by atoms with Crippen LogP contribution in [0.1, 0.15) is 5.56 Å². The number of nitrogens with zero attached hydrogens (tertiary/aromatic N) is 3. The predicted octanol–water partition coefficient (Wildman–Crippen LogP) is 5.62. The molecule has 0 unspecified atom stereocenters. The molecule has 0 aliphatic heterocycles. The molecular weight excluding hydrogens is 434 g/mol. The minimum absolute atomic E-state index is 0.112. The fraction of sp³-hybridized carbons (Fsp3) is 0.150. The van der Waals surface area contributed by atoms with E-state index in [2.05, 4.69) is 22.1 Å². The second-order valence-electron chi connectivity index (χ2n) is 6.13. The van der Waals surface area contributed by atoms with Crippen LogP contribution in [0.3, 0.4) is 0 Å². The van der Waals surface area contributed by atoms with Crippen LogP contribution in [-0.2, 0) is 11.3 Å². The van der Waals surface area contributed by atoms with Gasteiger partial charge in [0.1, 0.15) is 5.82 Å². The molecule has 1 amide bonds. The summed E-state index contributed by atoms with van der Waals surface area (Å²) in [5.41, 5.74) is 1.90. The van der Waals surface area contributed by atoms with E-state index in [1.807, 2.05) is 4.57 Å². The van der Waals surface area contributed by atoms with Crippen molar-refractivity contribution in [3.05, 3.63) is 70.5 Å². The molecule has 0 spiro atoms. The summed E-state index contributed by atoms with van der Waals surface area (Å²) >= 11 is 13.5. The molecule has 0 radical (unpaired) electrons. The lowest BCUT2D eigenvalue weighted by Crippen LogP contribution is -2.15. The highest BCUT2D eigenvalue weighted by Crippen LogP contribution is 2.31. The zero-order valence-electron chi connectivity index (χ0n) is 15.5. The Kier molecular flexibility index (Phi) is 6.95. The van der Waals surface area contributed by atoms with E-state index in [-0.39, 0.29) is 17.5 Å². The highest BCUT2D eigenvalue weighted by molar-refractivity contribution is 7.99. The molecule has 0 fully saturated rings. The SMILES string of the molecule is C=CCn1c(SCC(=O)Nc2ccc(F)cc2C)nnc1-c1ccc(Cl)cc1Cl. The number of benzene rings is 2. The topological polar surface area (TPSA) is 59.8 Å². The largest absolute Gasteiger partial charge is 0.325 e. The van der Waals surface area contributed by atoms with Crippen molar-refractivity contribution < 1.29 is 9.18 Å². The van der Waals surface area contributed by atoms with Gasteiger partial charge in [0, 0.05) is 22.8 Å². The minimum atomic E-state index is -0.346. The van der Waals surface area contributed by atoms with E-state index >= 15 is 0 Å². The van der Waals surface area contributed by atoms with E-state index in [0.29, 0.717) is 44.4 Å². The van der Waals surface area contributed by atoms with Crippen molar-refractivity contribution in [3.8, 4) is 11.4 Å². The van der Waals surface area contributed by atoms with Crippen LogP contribution >= 0.6 is 35.0 Å². The predicted molar refractivity (Wildman–Crippen MR) is 116 cm³/mol. The lowest BCUT2D eigenvalue weighted by atomic mass is 10.2. The molecule has 150 valence electrons. The Morgan fingerprint density at radius 2 is 2.07 bits per heavy atom. The number of aryl methyl sites for hydroxylation is 1. The van der Waals surface area contributed by atoms with Crippen LogP contribution in [0, 0.1) is 12.7 Å². The number of amides is 1. The van der Waals surface area contributed by atoms with Crippen LogP contribution in [0.5, 0.6) is 0 Å². The zero-order chi connectivity index (χ0) is 21.0. The van der Waals surface area contributed by atoms with Gasteiger partial charge in [-0.2, -0.15) is 0 Å². The summed E-state index contributed by atoms with van der Waals surface area (Å²) in [4.78, 5) is 12.3. The molecule has 5 nitrogen and oxygen atoms in total. The van der Waals surface area contributed by atoms with Crippen molar-refractivity contribution in [1.29, 1.82) is 0 Å². The average Bonchev–Trinajstić information content (AvgIpc) is 3.05. The fourth-order valence-corrected chi connectivity index (χ4v) is 3.88. The Bertz CT molecular complexity index is 1070. The highest BCUT2D eigenvalue weighted by atomic mass is 35.5. The molecule has 2 aromatic carbocycles. The third-order valence-corrected chi connectivity index (χ3v) is 5.51. The van der Waals surface area contributed by atoms with E-state index in [1.165, 1.54) is 30.0 Å². The van der Waals surface area contributed by atoms with E-state index in [4.69, 9.17) is 23.2 Å². The molecule has 1 heterocycles. The van der Waals surface area contributed by atoms with Crippen molar-refractivity contribution in [2.45, 2.75) is 18.6 Å². The van der Waals surface area contributed by atoms with Crippen LogP contribution in [0.4, 0.5) is 10.1 Å². The summed E-state index contributed by atoms with van der Waals surface area (Å²) in [7, 11) is 0. The monoisotopic (exact) mass is 450 g/mol. The van der Waals surface area contributed by atoms with Gasteiger partial charge in [0.2, 0.25) is 5.91 Å². The number of nitrogens with one attached hydrogen (secondary N) is 1. The van der Waals surface area contributed by atoms with Gasteiger partial charge in [-0.25, -0.2) is 4.39 Å². The van der Waals surface area contributed by atoms with Gasteiger partial charge < -0.3 is 5.32 Å². The second-order valence-corrected chi connectivity index (χ2v) is 7.91. The number of carbonyl (C=O) groups is 1. The molecule has 0 bridgehead atoms. The molecule has 0 saturated carbocycles. The minimum Gasteiger partial charge on any atom is -0.325 e. The Labute approximate surface area is 181 Å². The summed E-state index contributed by atoms with van der Waals surface area (Å²) < 4.78 is 15.0. The number of thioether (sulfide) groups is 1. The van der Waals surface area contributed by atoms with Gasteiger partial charge in [-0.3, -0.25) is 9.36 Å². The van der Waals surface area contributed by atoms with Gasteiger partial charge in [-0.15, -0.1) is 16.8 Å². The van der Waals surface area contributed by atoms with Crippen LogP contribution < -0.4 is 5.32 Å². The molecule has 0 aliphatic carbocycles. The molecule has 0 aliphatic rings. The van der Waals surface area contributed by atoms with Crippen molar-refractivity contribution in [3.63, 3.8) is 0 Å². The third kappa shape index (κ3) is 5.18. The fourth-order valence-electron chi connectivity index (χ4n) is 2.64. The molecule has 3 aromatic rings. The number of hydrogen-bond donors (Lipinski definition) is 1. The van der Waals surface area contributed by atoms with Crippen molar-refractivity contribution in [2.75, 3.05) is 11.1 Å². The maximum absolute atomic E-state index is 13.2. The molecular formula is C20H17Cl2FN4OS. The lowest BCUT2D eigenvalue weighted by molar-refractivity contribution is -0.113. The van der Waals surface area contributed by atoms with Crippen LogP contribution in [0.25, 0.3) is 11.4 Å². The standard InChI is InChI=1S/C20H17Cl2FN4OS/c1-3-8-27-19(15-6-4-13(21)10-16(15)22)25-26-20(27)29-11-18(28)24-17-7-5-14(23)9-12(17)2/h3-7,9-10H,1,8,11H2,2H3,(H,24,28). The Balaban J connectivity index is 1.76. The second kappa shape index (κ2) is 9.43. The third-order valence-electron chi connectivity index (χ3n) is 4.00. The maximum atomic E-state index is 13.2. The normalized spacial score (nSPS) is 10.8. The number of halogens is 3. The summed E-state index contributed by atoms with van der Waals surface area (Å²) in [5, 5.41) is 12.7. The van der Waals surface area contributed by atoms with Crippen LogP contribution in [0.15, 0.2) is 54.2 Å². The molecule has 29 heavy (non-hydrogen) atoms. The quantitative estimate of drug-likeness (QED) is 0.375. The smallest absolute Gasteiger partial charge is 0.234 e. The van der Waals surface area contributed by atoms with Crippen molar-refractivity contribution in [2.24, 2.45) is 0 Å². The highest BCUT2D eigenvalue weighted by Gasteiger charge is 2.17. The van der Waals surface area contributed by atoms with E-state index in [9.17, 15) is 9.18 Å². The molecule has 0 atom stereocenters. The van der Waals surface area contributed by atoms with Gasteiger partial charge >= 0.3 is 0 Å². The van der Waals surface area contributed by atoms with E-state index in [0.717, 1.165) is 0 Å². The Morgan fingerprint density at radius 3 is 2.76 bits per heavy atom.